The van der Waals surface area contributed by atoms with E-state index in [9.17, 15) is 0 Å². The Bertz CT molecular complexity index is 187. The first-order valence-corrected chi connectivity index (χ1v) is 6.62. The minimum absolute atomic E-state index is 0.596. The molecule has 3 nitrogen and oxygen atoms in total. The Labute approximate surface area is 100 Å². The first kappa shape index (κ1) is 13.9. The first-order chi connectivity index (χ1) is 7.69. The van der Waals surface area contributed by atoms with Crippen molar-refractivity contribution in [2.24, 2.45) is 17.6 Å². The molecular formula is C13H28N2O. The lowest BCUT2D eigenvalue weighted by Gasteiger charge is -2.42. The molecule has 1 saturated heterocycles. The molecule has 1 aliphatic rings. The number of unbranched alkanes of at least 4 members (excludes halogenated alkanes) is 1. The van der Waals surface area contributed by atoms with E-state index in [-0.39, 0.29) is 0 Å². The Morgan fingerprint density at radius 3 is 2.69 bits per heavy atom. The third-order valence-electron chi connectivity index (χ3n) is 3.73. The molecule has 0 aliphatic carbocycles. The van der Waals surface area contributed by atoms with E-state index >= 15 is 0 Å². The number of likely N-dealkylation sites (tertiary alicyclic amines) is 1. The average molecular weight is 228 g/mol. The van der Waals surface area contributed by atoms with Gasteiger partial charge in [-0.05, 0) is 37.6 Å². The van der Waals surface area contributed by atoms with E-state index in [2.05, 4.69) is 18.7 Å². The second-order valence-corrected chi connectivity index (χ2v) is 5.32. The fraction of sp³-hybridized carbons (Fsp3) is 1.00. The summed E-state index contributed by atoms with van der Waals surface area (Å²) in [7, 11) is 1.77. The van der Waals surface area contributed by atoms with Gasteiger partial charge in [0.1, 0.15) is 0 Å². The predicted octanol–water partition coefficient (Wildman–Crippen LogP) is 1.72. The fourth-order valence-electron chi connectivity index (χ4n) is 2.96. The highest BCUT2D eigenvalue weighted by atomic mass is 16.5. The van der Waals surface area contributed by atoms with Crippen molar-refractivity contribution in [1.29, 1.82) is 0 Å². The van der Waals surface area contributed by atoms with E-state index in [4.69, 9.17) is 10.5 Å². The molecule has 0 radical (unpaired) electrons. The Balaban J connectivity index is 2.35. The molecule has 1 rings (SSSR count). The third kappa shape index (κ3) is 4.04. The molecule has 1 fully saturated rings. The zero-order valence-corrected chi connectivity index (χ0v) is 11.1. The molecule has 0 aromatic carbocycles. The fourth-order valence-corrected chi connectivity index (χ4v) is 2.96. The average Bonchev–Trinajstić information content (AvgIpc) is 2.24. The molecule has 16 heavy (non-hydrogen) atoms. The van der Waals surface area contributed by atoms with Gasteiger partial charge in [0, 0.05) is 32.8 Å². The van der Waals surface area contributed by atoms with E-state index < -0.39 is 0 Å². The molecule has 0 saturated carbocycles. The molecule has 0 amide bonds. The highest BCUT2D eigenvalue weighted by Gasteiger charge is 2.30. The second-order valence-electron chi connectivity index (χ2n) is 5.32. The van der Waals surface area contributed by atoms with Crippen molar-refractivity contribution in [3.8, 4) is 0 Å². The molecule has 1 aliphatic heterocycles. The van der Waals surface area contributed by atoms with Crippen LogP contribution in [0, 0.1) is 11.8 Å². The maximum absolute atomic E-state index is 5.89. The summed E-state index contributed by atoms with van der Waals surface area (Å²) < 4.78 is 5.08. The first-order valence-electron chi connectivity index (χ1n) is 6.62. The van der Waals surface area contributed by atoms with Crippen LogP contribution in [0.4, 0.5) is 0 Å². The Kier molecular flexibility index (Phi) is 6.32. The monoisotopic (exact) mass is 228 g/mol. The van der Waals surface area contributed by atoms with Crippen LogP contribution in [-0.2, 0) is 4.74 Å². The van der Waals surface area contributed by atoms with Gasteiger partial charge >= 0.3 is 0 Å². The zero-order valence-electron chi connectivity index (χ0n) is 11.1. The van der Waals surface area contributed by atoms with Gasteiger partial charge < -0.3 is 10.5 Å². The van der Waals surface area contributed by atoms with E-state index in [1.54, 1.807) is 7.11 Å². The van der Waals surface area contributed by atoms with E-state index in [1.165, 1.54) is 25.9 Å². The summed E-state index contributed by atoms with van der Waals surface area (Å²) in [5.74, 6) is 1.57. The number of hydrogen-bond acceptors (Lipinski definition) is 3. The summed E-state index contributed by atoms with van der Waals surface area (Å²) in [6.45, 7) is 8.78. The van der Waals surface area contributed by atoms with Crippen molar-refractivity contribution < 1.29 is 4.74 Å². The Morgan fingerprint density at radius 1 is 1.31 bits per heavy atom. The summed E-state index contributed by atoms with van der Waals surface area (Å²) in [5.41, 5.74) is 5.89. The van der Waals surface area contributed by atoms with Gasteiger partial charge in [-0.2, -0.15) is 0 Å². The molecule has 0 aromatic heterocycles. The van der Waals surface area contributed by atoms with Crippen molar-refractivity contribution in [2.75, 3.05) is 33.4 Å². The molecule has 0 spiro atoms. The number of nitrogens with zero attached hydrogens (tertiary/aromatic N) is 1. The summed E-state index contributed by atoms with van der Waals surface area (Å²) in [6, 6.07) is 0.596. The topological polar surface area (TPSA) is 38.5 Å². The smallest absolute Gasteiger partial charge is 0.0462 e. The third-order valence-corrected chi connectivity index (χ3v) is 3.73. The summed E-state index contributed by atoms with van der Waals surface area (Å²) in [6.07, 6.45) is 3.72. The molecule has 3 heteroatoms. The van der Waals surface area contributed by atoms with E-state index in [0.29, 0.717) is 6.04 Å². The number of piperidine rings is 1. The lowest BCUT2D eigenvalue weighted by molar-refractivity contribution is 0.0696. The Hall–Kier alpha value is -0.120. The van der Waals surface area contributed by atoms with Crippen molar-refractivity contribution >= 4 is 0 Å². The van der Waals surface area contributed by atoms with Crippen LogP contribution in [-0.4, -0.2) is 44.3 Å². The van der Waals surface area contributed by atoms with Crippen LogP contribution in [0.2, 0.25) is 0 Å². The summed E-state index contributed by atoms with van der Waals surface area (Å²) in [4.78, 5) is 2.59. The van der Waals surface area contributed by atoms with Crippen molar-refractivity contribution in [3.05, 3.63) is 0 Å². The highest BCUT2D eigenvalue weighted by Crippen LogP contribution is 2.26. The zero-order chi connectivity index (χ0) is 12.0. The van der Waals surface area contributed by atoms with Crippen LogP contribution < -0.4 is 5.73 Å². The molecule has 96 valence electrons. The van der Waals surface area contributed by atoms with Gasteiger partial charge in [0.15, 0.2) is 0 Å². The van der Waals surface area contributed by atoms with Gasteiger partial charge in [-0.3, -0.25) is 4.90 Å². The lowest BCUT2D eigenvalue weighted by atomic mass is 9.85. The minimum atomic E-state index is 0.596. The molecule has 0 bridgehead atoms. The quantitative estimate of drug-likeness (QED) is 0.704. The van der Waals surface area contributed by atoms with Gasteiger partial charge in [0.05, 0.1) is 0 Å². The maximum Gasteiger partial charge on any atom is 0.0462 e. The summed E-state index contributed by atoms with van der Waals surface area (Å²) >= 11 is 0. The van der Waals surface area contributed by atoms with Crippen LogP contribution in [0.3, 0.4) is 0 Å². The van der Waals surface area contributed by atoms with Gasteiger partial charge in [0.2, 0.25) is 0 Å². The number of hydrogen-bond donors (Lipinski definition) is 1. The maximum atomic E-state index is 5.89. The number of rotatable bonds is 6. The van der Waals surface area contributed by atoms with Gasteiger partial charge in [-0.25, -0.2) is 0 Å². The van der Waals surface area contributed by atoms with E-state index in [1.807, 2.05) is 0 Å². The van der Waals surface area contributed by atoms with Gasteiger partial charge in [-0.15, -0.1) is 0 Å². The largest absolute Gasteiger partial charge is 0.385 e. The number of nitrogens with two attached hydrogens (primary N) is 1. The second kappa shape index (κ2) is 7.25. The normalized spacial score (nSPS) is 31.9. The van der Waals surface area contributed by atoms with Crippen molar-refractivity contribution in [3.63, 3.8) is 0 Å². The standard InChI is InChI=1S/C13H28N2O/c1-11-8-12(2)13(9-14)15(10-11)6-4-5-7-16-3/h11-13H,4-10,14H2,1-3H3. The van der Waals surface area contributed by atoms with Crippen LogP contribution >= 0.6 is 0 Å². The molecule has 2 N–H and O–H groups in total. The highest BCUT2D eigenvalue weighted by molar-refractivity contribution is 4.85. The SMILES string of the molecule is COCCCCN1CC(C)CC(C)C1CN. The molecule has 3 unspecified atom stereocenters. The van der Waals surface area contributed by atoms with Crippen molar-refractivity contribution in [1.82, 2.24) is 4.90 Å². The van der Waals surface area contributed by atoms with Crippen LogP contribution in [0.25, 0.3) is 0 Å². The van der Waals surface area contributed by atoms with Crippen LogP contribution in [0.15, 0.2) is 0 Å². The molecule has 0 aromatic rings. The molecule has 1 heterocycles. The number of ether oxygens (including phenoxy) is 1. The predicted molar refractivity (Wildman–Crippen MR) is 68.5 cm³/mol. The van der Waals surface area contributed by atoms with Crippen molar-refractivity contribution in [2.45, 2.75) is 39.2 Å². The van der Waals surface area contributed by atoms with Gasteiger partial charge in [-0.1, -0.05) is 13.8 Å². The van der Waals surface area contributed by atoms with Crippen LogP contribution in [0.1, 0.15) is 33.1 Å². The van der Waals surface area contributed by atoms with E-state index in [0.717, 1.165) is 31.4 Å². The van der Waals surface area contributed by atoms with Crippen LogP contribution in [0.5, 0.6) is 0 Å². The Morgan fingerprint density at radius 2 is 2.06 bits per heavy atom. The molecule has 3 atom stereocenters. The number of methoxy groups -OCH3 is 1. The minimum Gasteiger partial charge on any atom is -0.385 e. The molecular weight excluding hydrogens is 200 g/mol. The summed E-state index contributed by atoms with van der Waals surface area (Å²) in [5, 5.41) is 0. The lowest BCUT2D eigenvalue weighted by Crippen LogP contribution is -2.51. The van der Waals surface area contributed by atoms with Gasteiger partial charge in [0.25, 0.3) is 0 Å².